The van der Waals surface area contributed by atoms with Crippen molar-refractivity contribution in [3.63, 3.8) is 0 Å². The molecule has 0 bridgehead atoms. The first-order valence-corrected chi connectivity index (χ1v) is 7.65. The molecule has 3 aromatic heterocycles. The van der Waals surface area contributed by atoms with Crippen LogP contribution in [0.3, 0.4) is 0 Å². The van der Waals surface area contributed by atoms with Gasteiger partial charge in [-0.05, 0) is 18.1 Å². The molecule has 7 nitrogen and oxygen atoms in total. The summed E-state index contributed by atoms with van der Waals surface area (Å²) in [4.78, 5) is 31.1. The first kappa shape index (κ1) is 15.7. The number of aromatic amines is 1. The second-order valence-corrected chi connectivity index (χ2v) is 6.13. The van der Waals surface area contributed by atoms with Crippen molar-refractivity contribution in [3.05, 3.63) is 62.8 Å². The zero-order chi connectivity index (χ0) is 17.3. The molecule has 0 unspecified atom stereocenters. The highest BCUT2D eigenvalue weighted by molar-refractivity contribution is 5.78. The van der Waals surface area contributed by atoms with Crippen LogP contribution < -0.4 is 11.1 Å². The molecule has 3 heterocycles. The topological polar surface area (TPSA) is 96.5 Å². The van der Waals surface area contributed by atoms with E-state index in [2.05, 4.69) is 23.8 Å². The number of nitrogens with one attached hydrogen (secondary N) is 1. The monoisotopic (exact) mass is 323 g/mol. The smallest absolute Gasteiger partial charge is 0.266 e. The van der Waals surface area contributed by atoms with Gasteiger partial charge in [0.05, 0.1) is 29.5 Å². The predicted octanol–water partition coefficient (Wildman–Crippen LogP) is 1.46. The van der Waals surface area contributed by atoms with Crippen molar-refractivity contribution in [1.82, 2.24) is 19.1 Å². The summed E-state index contributed by atoms with van der Waals surface area (Å²) in [6.45, 7) is 5.43. The van der Waals surface area contributed by atoms with Crippen molar-refractivity contribution in [1.29, 1.82) is 5.26 Å². The minimum Gasteiger partial charge on any atom is -0.333 e. The summed E-state index contributed by atoms with van der Waals surface area (Å²) >= 11 is 0. The molecule has 3 aromatic rings. The molecule has 0 saturated carbocycles. The second-order valence-electron chi connectivity index (χ2n) is 6.13. The Morgan fingerprint density at radius 3 is 2.83 bits per heavy atom. The van der Waals surface area contributed by atoms with Gasteiger partial charge in [-0.1, -0.05) is 13.8 Å². The molecule has 3 rings (SSSR count). The van der Waals surface area contributed by atoms with Crippen LogP contribution in [0, 0.1) is 17.2 Å². The molecule has 0 radical (unpaired) electrons. The van der Waals surface area contributed by atoms with Crippen molar-refractivity contribution in [2.45, 2.75) is 26.9 Å². The maximum absolute atomic E-state index is 12.7. The van der Waals surface area contributed by atoms with Crippen LogP contribution in [-0.4, -0.2) is 19.1 Å². The Kier molecular flexibility index (Phi) is 4.04. The van der Waals surface area contributed by atoms with Gasteiger partial charge in [-0.3, -0.25) is 9.59 Å². The normalized spacial score (nSPS) is 11.1. The molecule has 24 heavy (non-hydrogen) atoms. The van der Waals surface area contributed by atoms with Crippen molar-refractivity contribution >= 4 is 10.9 Å². The highest BCUT2D eigenvalue weighted by Crippen LogP contribution is 2.09. The van der Waals surface area contributed by atoms with E-state index in [-0.39, 0.29) is 11.1 Å². The number of nitrogens with zero attached hydrogens (tertiary/aromatic N) is 4. The quantitative estimate of drug-likeness (QED) is 0.786. The number of nitriles is 1. The van der Waals surface area contributed by atoms with Crippen LogP contribution in [-0.2, 0) is 13.1 Å². The molecule has 1 N–H and O–H groups in total. The number of pyridine rings is 2. The molecule has 0 aromatic carbocycles. The summed E-state index contributed by atoms with van der Waals surface area (Å²) in [6, 6.07) is 4.82. The van der Waals surface area contributed by atoms with E-state index in [0.717, 1.165) is 12.2 Å². The fraction of sp³-hybridized carbons (Fsp3) is 0.294. The van der Waals surface area contributed by atoms with Gasteiger partial charge in [0.15, 0.2) is 0 Å². The lowest BCUT2D eigenvalue weighted by Gasteiger charge is -2.12. The maximum atomic E-state index is 12.7. The lowest BCUT2D eigenvalue weighted by molar-refractivity contribution is 0.503. The molecule has 0 aliphatic rings. The standard InChI is InChI=1S/C17H17N5O2/c1-11(2)8-22-10-19-7-13(22)9-21-4-3-15-14(17(21)24)5-12(6-18)16(23)20-15/h3-5,7,10-11H,8-9H2,1-2H3,(H,20,23). The molecular formula is C17H17N5O2. The van der Waals surface area contributed by atoms with Crippen LogP contribution in [0.1, 0.15) is 25.1 Å². The van der Waals surface area contributed by atoms with E-state index < -0.39 is 5.56 Å². The Bertz CT molecular complexity index is 1050. The highest BCUT2D eigenvalue weighted by atomic mass is 16.1. The average molecular weight is 323 g/mol. The summed E-state index contributed by atoms with van der Waals surface area (Å²) in [5.41, 5.74) is 0.544. The molecule has 0 fully saturated rings. The van der Waals surface area contributed by atoms with E-state index >= 15 is 0 Å². The van der Waals surface area contributed by atoms with Gasteiger partial charge in [-0.2, -0.15) is 5.26 Å². The minimum atomic E-state index is -0.489. The maximum Gasteiger partial charge on any atom is 0.266 e. The summed E-state index contributed by atoms with van der Waals surface area (Å²) in [5.74, 6) is 0.467. The number of imidazole rings is 1. The minimum absolute atomic E-state index is 0.0674. The van der Waals surface area contributed by atoms with Crippen LogP contribution in [0.15, 0.2) is 40.4 Å². The third-order valence-electron chi connectivity index (χ3n) is 3.80. The SMILES string of the molecule is CC(C)Cn1cncc1Cn1ccc2[nH]c(=O)c(C#N)cc2c1=O. The molecule has 0 spiro atoms. The third-order valence-corrected chi connectivity index (χ3v) is 3.80. The Hall–Kier alpha value is -3.14. The fourth-order valence-electron chi connectivity index (χ4n) is 2.66. The number of rotatable bonds is 4. The number of hydrogen-bond acceptors (Lipinski definition) is 4. The molecule has 122 valence electrons. The number of aromatic nitrogens is 4. The lowest BCUT2D eigenvalue weighted by atomic mass is 10.2. The average Bonchev–Trinajstić information content (AvgIpc) is 2.96. The summed E-state index contributed by atoms with van der Waals surface area (Å²) < 4.78 is 3.57. The molecule has 0 aliphatic heterocycles. The summed E-state index contributed by atoms with van der Waals surface area (Å²) in [7, 11) is 0. The van der Waals surface area contributed by atoms with Crippen LogP contribution in [0.2, 0.25) is 0 Å². The van der Waals surface area contributed by atoms with Gasteiger partial charge in [-0.15, -0.1) is 0 Å². The first-order chi connectivity index (χ1) is 11.5. The molecule has 0 aliphatic carbocycles. The van der Waals surface area contributed by atoms with E-state index in [0.29, 0.717) is 23.4 Å². The van der Waals surface area contributed by atoms with Crippen molar-refractivity contribution in [2.75, 3.05) is 0 Å². The van der Waals surface area contributed by atoms with E-state index in [1.807, 2.05) is 4.57 Å². The predicted molar refractivity (Wildman–Crippen MR) is 89.7 cm³/mol. The van der Waals surface area contributed by atoms with Crippen molar-refractivity contribution < 1.29 is 0 Å². The molecular weight excluding hydrogens is 306 g/mol. The fourth-order valence-corrected chi connectivity index (χ4v) is 2.66. The second kappa shape index (κ2) is 6.16. The van der Waals surface area contributed by atoms with E-state index in [9.17, 15) is 9.59 Å². The largest absolute Gasteiger partial charge is 0.333 e. The van der Waals surface area contributed by atoms with Crippen LogP contribution in [0.5, 0.6) is 0 Å². The van der Waals surface area contributed by atoms with Crippen molar-refractivity contribution in [3.8, 4) is 6.07 Å². The Morgan fingerprint density at radius 1 is 1.33 bits per heavy atom. The zero-order valence-electron chi connectivity index (χ0n) is 13.5. The molecule has 7 heteroatoms. The van der Waals surface area contributed by atoms with E-state index in [1.165, 1.54) is 6.07 Å². The van der Waals surface area contributed by atoms with Gasteiger partial charge >= 0.3 is 0 Å². The third kappa shape index (κ3) is 2.86. The lowest BCUT2D eigenvalue weighted by Crippen LogP contribution is -2.23. The highest BCUT2D eigenvalue weighted by Gasteiger charge is 2.10. The van der Waals surface area contributed by atoms with Gasteiger partial charge in [-0.25, -0.2) is 4.98 Å². The van der Waals surface area contributed by atoms with Crippen LogP contribution >= 0.6 is 0 Å². The van der Waals surface area contributed by atoms with Crippen LogP contribution in [0.4, 0.5) is 0 Å². The van der Waals surface area contributed by atoms with Gasteiger partial charge in [0, 0.05) is 18.9 Å². The Morgan fingerprint density at radius 2 is 2.12 bits per heavy atom. The number of H-pyrrole nitrogens is 1. The Balaban J connectivity index is 2.06. The molecule has 0 amide bonds. The summed E-state index contributed by atoms with van der Waals surface area (Å²) in [5, 5.41) is 9.30. The first-order valence-electron chi connectivity index (χ1n) is 7.65. The number of fused-ring (bicyclic) bond motifs is 1. The van der Waals surface area contributed by atoms with Gasteiger partial charge < -0.3 is 14.1 Å². The van der Waals surface area contributed by atoms with Gasteiger partial charge in [0.2, 0.25) is 0 Å². The van der Waals surface area contributed by atoms with Gasteiger partial charge in [0.1, 0.15) is 11.6 Å². The zero-order valence-corrected chi connectivity index (χ0v) is 13.5. The number of hydrogen-bond donors (Lipinski definition) is 1. The van der Waals surface area contributed by atoms with E-state index in [1.54, 1.807) is 35.4 Å². The molecule has 0 atom stereocenters. The summed E-state index contributed by atoms with van der Waals surface area (Å²) in [6.07, 6.45) is 5.14. The van der Waals surface area contributed by atoms with Crippen LogP contribution in [0.25, 0.3) is 10.9 Å². The van der Waals surface area contributed by atoms with E-state index in [4.69, 9.17) is 5.26 Å². The van der Waals surface area contributed by atoms with Gasteiger partial charge in [0.25, 0.3) is 11.1 Å². The Labute approximate surface area is 137 Å². The van der Waals surface area contributed by atoms with Crippen molar-refractivity contribution in [2.24, 2.45) is 5.92 Å². The molecule has 0 saturated heterocycles.